The topological polar surface area (TPSA) is 74.7 Å². The Labute approximate surface area is 126 Å². The monoisotopic (exact) mass is 313 g/mol. The number of sulfonamides is 1. The molecule has 118 valence electrons. The van der Waals surface area contributed by atoms with E-state index in [1.165, 1.54) is 4.31 Å². The molecule has 0 aromatic heterocycles. The van der Waals surface area contributed by atoms with Crippen molar-refractivity contribution in [2.45, 2.75) is 44.4 Å². The van der Waals surface area contributed by atoms with Gasteiger partial charge in [0.2, 0.25) is 10.0 Å². The number of carbonyl (C=O) groups is 1. The molecule has 0 aliphatic heterocycles. The van der Waals surface area contributed by atoms with E-state index in [1.807, 2.05) is 0 Å². The zero-order chi connectivity index (χ0) is 16.3. The Morgan fingerprint density at radius 2 is 1.71 bits per heavy atom. The van der Waals surface area contributed by atoms with Crippen molar-refractivity contribution in [3.63, 3.8) is 0 Å². The van der Waals surface area contributed by atoms with Gasteiger partial charge in [0.05, 0.1) is 11.3 Å². The summed E-state index contributed by atoms with van der Waals surface area (Å²) >= 11 is 0. The fourth-order valence-corrected chi connectivity index (χ4v) is 3.39. The molecule has 5 nitrogen and oxygen atoms in total. The molecule has 21 heavy (non-hydrogen) atoms. The van der Waals surface area contributed by atoms with Crippen molar-refractivity contribution < 1.29 is 18.3 Å². The van der Waals surface area contributed by atoms with Gasteiger partial charge in [-0.3, -0.25) is 4.79 Å². The summed E-state index contributed by atoms with van der Waals surface area (Å²) < 4.78 is 26.1. The molecule has 0 heterocycles. The maximum Gasteiger partial charge on any atom is 0.304 e. The third-order valence-corrected chi connectivity index (χ3v) is 5.27. The number of carboxylic acids is 1. The Kier molecular flexibility index (Phi) is 5.53. The van der Waals surface area contributed by atoms with Crippen molar-refractivity contribution in [2.24, 2.45) is 0 Å². The molecule has 0 aliphatic rings. The predicted octanol–water partition coefficient (Wildman–Crippen LogP) is 2.47. The van der Waals surface area contributed by atoms with Gasteiger partial charge in [-0.2, -0.15) is 4.31 Å². The molecule has 1 aromatic rings. The van der Waals surface area contributed by atoms with Crippen LogP contribution in [0.1, 0.15) is 39.7 Å². The number of aliphatic carboxylic acids is 1. The van der Waals surface area contributed by atoms with Crippen LogP contribution in [0, 0.1) is 0 Å². The van der Waals surface area contributed by atoms with E-state index in [0.29, 0.717) is 0 Å². The molecule has 6 heteroatoms. The second kappa shape index (κ2) is 6.58. The van der Waals surface area contributed by atoms with Crippen LogP contribution in [0.4, 0.5) is 0 Å². The van der Waals surface area contributed by atoms with Gasteiger partial charge in [0, 0.05) is 13.1 Å². The highest BCUT2D eigenvalue weighted by Gasteiger charge is 2.24. The zero-order valence-corrected chi connectivity index (χ0v) is 13.8. The molecule has 0 spiro atoms. The molecule has 0 amide bonds. The van der Waals surface area contributed by atoms with Crippen molar-refractivity contribution in [3.05, 3.63) is 29.8 Å². The first-order valence-electron chi connectivity index (χ1n) is 6.91. The van der Waals surface area contributed by atoms with Crippen molar-refractivity contribution in [1.82, 2.24) is 4.31 Å². The van der Waals surface area contributed by atoms with E-state index in [1.54, 1.807) is 31.2 Å². The third-order valence-electron chi connectivity index (χ3n) is 3.29. The Hall–Kier alpha value is -1.40. The lowest BCUT2D eigenvalue weighted by atomic mass is 9.87. The average molecular weight is 313 g/mol. The molecule has 0 bridgehead atoms. The number of benzene rings is 1. The number of hydrogen-bond acceptors (Lipinski definition) is 3. The van der Waals surface area contributed by atoms with Crippen LogP contribution in [0.2, 0.25) is 0 Å². The van der Waals surface area contributed by atoms with Gasteiger partial charge in [-0.25, -0.2) is 8.42 Å². The summed E-state index contributed by atoms with van der Waals surface area (Å²) in [5, 5.41) is 8.70. The van der Waals surface area contributed by atoms with Gasteiger partial charge in [-0.1, -0.05) is 39.8 Å². The molecular formula is C15H23NO4S. The first-order valence-corrected chi connectivity index (χ1v) is 8.35. The summed E-state index contributed by atoms with van der Waals surface area (Å²) in [6.45, 7) is 8.10. The van der Waals surface area contributed by atoms with Crippen LogP contribution in [0.15, 0.2) is 29.2 Å². The predicted molar refractivity (Wildman–Crippen MR) is 81.8 cm³/mol. The fraction of sp³-hybridized carbons (Fsp3) is 0.533. The number of carboxylic acid groups (broad SMARTS) is 1. The molecule has 0 saturated carbocycles. The van der Waals surface area contributed by atoms with Crippen molar-refractivity contribution in [3.8, 4) is 0 Å². The molecule has 0 fully saturated rings. The Balaban J connectivity index is 3.03. The van der Waals surface area contributed by atoms with Gasteiger partial charge in [0.15, 0.2) is 0 Å². The van der Waals surface area contributed by atoms with E-state index in [9.17, 15) is 13.2 Å². The molecule has 0 saturated heterocycles. The van der Waals surface area contributed by atoms with E-state index in [0.717, 1.165) is 5.56 Å². The van der Waals surface area contributed by atoms with Crippen molar-refractivity contribution >= 4 is 16.0 Å². The lowest BCUT2D eigenvalue weighted by molar-refractivity contribution is -0.137. The van der Waals surface area contributed by atoms with E-state index >= 15 is 0 Å². The Morgan fingerprint density at radius 1 is 1.19 bits per heavy atom. The minimum absolute atomic E-state index is 0.0187. The SMILES string of the molecule is CCN(CCC(=O)O)S(=O)(=O)c1ccc(C(C)(C)C)cc1. The van der Waals surface area contributed by atoms with Crippen LogP contribution in [0.3, 0.4) is 0 Å². The molecule has 0 radical (unpaired) electrons. The minimum atomic E-state index is -3.64. The van der Waals surface area contributed by atoms with E-state index < -0.39 is 16.0 Å². The Bertz CT molecular complexity index is 585. The fourth-order valence-electron chi connectivity index (χ4n) is 1.94. The maximum absolute atomic E-state index is 12.5. The van der Waals surface area contributed by atoms with Crippen LogP contribution < -0.4 is 0 Å². The van der Waals surface area contributed by atoms with Crippen LogP contribution in [0.5, 0.6) is 0 Å². The van der Waals surface area contributed by atoms with Gasteiger partial charge in [0.25, 0.3) is 0 Å². The second-order valence-corrected chi connectivity index (χ2v) is 7.85. The molecular weight excluding hydrogens is 290 g/mol. The van der Waals surface area contributed by atoms with E-state index in [2.05, 4.69) is 20.8 Å². The lowest BCUT2D eigenvalue weighted by Gasteiger charge is -2.22. The quantitative estimate of drug-likeness (QED) is 0.875. The third kappa shape index (κ3) is 4.54. The van der Waals surface area contributed by atoms with Crippen LogP contribution >= 0.6 is 0 Å². The van der Waals surface area contributed by atoms with E-state index in [4.69, 9.17) is 5.11 Å². The summed E-state index contributed by atoms with van der Waals surface area (Å²) in [6, 6.07) is 6.77. The lowest BCUT2D eigenvalue weighted by Crippen LogP contribution is -2.33. The number of nitrogens with zero attached hydrogens (tertiary/aromatic N) is 1. The van der Waals surface area contributed by atoms with E-state index in [-0.39, 0.29) is 29.8 Å². The van der Waals surface area contributed by atoms with Crippen LogP contribution in [-0.4, -0.2) is 36.9 Å². The van der Waals surface area contributed by atoms with Gasteiger partial charge >= 0.3 is 5.97 Å². The van der Waals surface area contributed by atoms with Gasteiger partial charge in [0.1, 0.15) is 0 Å². The minimum Gasteiger partial charge on any atom is -0.481 e. The Morgan fingerprint density at radius 3 is 2.10 bits per heavy atom. The average Bonchev–Trinajstić information content (AvgIpc) is 2.38. The standard InChI is InChI=1S/C15H23NO4S/c1-5-16(11-10-14(17)18)21(19,20)13-8-6-12(7-9-13)15(2,3)4/h6-9H,5,10-11H2,1-4H3,(H,17,18). The summed E-state index contributed by atoms with van der Waals surface area (Å²) in [6.07, 6.45) is -0.201. The van der Waals surface area contributed by atoms with Crippen molar-refractivity contribution in [1.29, 1.82) is 0 Å². The summed E-state index contributed by atoms with van der Waals surface area (Å²) in [4.78, 5) is 10.8. The summed E-state index contributed by atoms with van der Waals surface area (Å²) in [5.41, 5.74) is 1.01. The highest BCUT2D eigenvalue weighted by Crippen LogP contribution is 2.24. The highest BCUT2D eigenvalue weighted by molar-refractivity contribution is 7.89. The first-order chi connectivity index (χ1) is 9.59. The molecule has 0 unspecified atom stereocenters. The van der Waals surface area contributed by atoms with Gasteiger partial charge in [-0.05, 0) is 23.1 Å². The molecule has 1 N–H and O–H groups in total. The summed E-state index contributed by atoms with van der Waals surface area (Å²) in [7, 11) is -3.64. The number of hydrogen-bond donors (Lipinski definition) is 1. The second-order valence-electron chi connectivity index (χ2n) is 5.91. The highest BCUT2D eigenvalue weighted by atomic mass is 32.2. The molecule has 1 aromatic carbocycles. The smallest absolute Gasteiger partial charge is 0.304 e. The largest absolute Gasteiger partial charge is 0.481 e. The van der Waals surface area contributed by atoms with Crippen molar-refractivity contribution in [2.75, 3.05) is 13.1 Å². The normalized spacial score (nSPS) is 12.6. The number of rotatable bonds is 6. The van der Waals surface area contributed by atoms with Crippen LogP contribution in [0.25, 0.3) is 0 Å². The zero-order valence-electron chi connectivity index (χ0n) is 13.0. The van der Waals surface area contributed by atoms with Crippen LogP contribution in [-0.2, 0) is 20.2 Å². The summed E-state index contributed by atoms with van der Waals surface area (Å²) in [5.74, 6) is -1.01. The van der Waals surface area contributed by atoms with Gasteiger partial charge in [-0.15, -0.1) is 0 Å². The molecule has 0 aliphatic carbocycles. The first kappa shape index (κ1) is 17.7. The molecule has 0 atom stereocenters. The maximum atomic E-state index is 12.5. The molecule has 1 rings (SSSR count). The van der Waals surface area contributed by atoms with Gasteiger partial charge < -0.3 is 5.11 Å².